The van der Waals surface area contributed by atoms with E-state index in [2.05, 4.69) is 34.8 Å². The number of benzene rings is 2. The first-order chi connectivity index (χ1) is 10.7. The average molecular weight is 294 g/mol. The number of hydrogen-bond acceptors (Lipinski definition) is 2. The summed E-state index contributed by atoms with van der Waals surface area (Å²) in [5.74, 6) is 0.00560. The van der Waals surface area contributed by atoms with Crippen molar-refractivity contribution < 1.29 is 4.79 Å². The quantitative estimate of drug-likeness (QED) is 0.632. The van der Waals surface area contributed by atoms with Gasteiger partial charge in [0, 0.05) is 18.1 Å². The van der Waals surface area contributed by atoms with Crippen LogP contribution in [0.4, 0.5) is 0 Å². The average Bonchev–Trinajstić information content (AvgIpc) is 2.55. The molecule has 0 saturated carbocycles. The second-order valence-electron chi connectivity index (χ2n) is 5.29. The highest BCUT2D eigenvalue weighted by atomic mass is 16.2. The molecule has 1 N–H and O–H groups in total. The summed E-state index contributed by atoms with van der Waals surface area (Å²) < 4.78 is 0. The first kappa shape index (κ1) is 16.0. The van der Waals surface area contributed by atoms with Crippen LogP contribution in [0.5, 0.6) is 0 Å². The minimum absolute atomic E-state index is 0.0401. The zero-order chi connectivity index (χ0) is 15.8. The van der Waals surface area contributed by atoms with Gasteiger partial charge in [-0.1, -0.05) is 67.6 Å². The Morgan fingerprint density at radius 1 is 1.00 bits per heavy atom. The third-order valence-corrected chi connectivity index (χ3v) is 3.52. The number of carbonyl (C=O) groups excluding carboxylic acids is 1. The molecule has 0 aliphatic heterocycles. The van der Waals surface area contributed by atoms with Gasteiger partial charge in [0.15, 0.2) is 0 Å². The van der Waals surface area contributed by atoms with E-state index < -0.39 is 0 Å². The number of rotatable bonds is 6. The summed E-state index contributed by atoms with van der Waals surface area (Å²) in [4.78, 5) is 11.6. The molecule has 0 aromatic heterocycles. The number of nitrogens with zero attached hydrogens (tertiary/aromatic N) is 1. The molecule has 0 aliphatic rings. The van der Waals surface area contributed by atoms with Gasteiger partial charge in [-0.2, -0.15) is 5.10 Å². The Morgan fingerprint density at radius 3 is 1.95 bits per heavy atom. The predicted octanol–water partition coefficient (Wildman–Crippen LogP) is 4.11. The van der Waals surface area contributed by atoms with Crippen molar-refractivity contribution in [3.05, 3.63) is 71.8 Å². The van der Waals surface area contributed by atoms with Crippen molar-refractivity contribution in [2.75, 3.05) is 0 Å². The normalized spacial score (nSPS) is 11.5. The van der Waals surface area contributed by atoms with Gasteiger partial charge >= 0.3 is 0 Å². The van der Waals surface area contributed by atoms with Crippen LogP contribution in [0.2, 0.25) is 0 Å². The lowest BCUT2D eigenvalue weighted by molar-refractivity contribution is -0.121. The Balaban J connectivity index is 2.29. The fourth-order valence-electron chi connectivity index (χ4n) is 2.46. The molecular weight excluding hydrogens is 272 g/mol. The van der Waals surface area contributed by atoms with E-state index in [1.54, 1.807) is 0 Å². The second kappa shape index (κ2) is 8.13. The van der Waals surface area contributed by atoms with Crippen molar-refractivity contribution in [3.8, 4) is 0 Å². The van der Waals surface area contributed by atoms with Crippen LogP contribution >= 0.6 is 0 Å². The SMILES string of the molecule is CCCC(=O)N/N=C(\C)C(c1ccccc1)c1ccccc1. The number of carbonyl (C=O) groups is 1. The minimum Gasteiger partial charge on any atom is -0.273 e. The van der Waals surface area contributed by atoms with Crippen molar-refractivity contribution in [1.29, 1.82) is 0 Å². The standard InChI is InChI=1S/C19H22N2O/c1-3-10-18(22)21-20-15(2)19(16-11-6-4-7-12-16)17-13-8-5-9-14-17/h4-9,11-14,19H,3,10H2,1-2H3,(H,21,22)/b20-15+. The summed E-state index contributed by atoms with van der Waals surface area (Å²) in [6, 6.07) is 20.4. The molecule has 0 aliphatic carbocycles. The third-order valence-electron chi connectivity index (χ3n) is 3.52. The van der Waals surface area contributed by atoms with Crippen molar-refractivity contribution >= 4 is 11.6 Å². The lowest BCUT2D eigenvalue weighted by Crippen LogP contribution is -2.21. The largest absolute Gasteiger partial charge is 0.273 e. The van der Waals surface area contributed by atoms with Crippen molar-refractivity contribution in [1.82, 2.24) is 5.43 Å². The van der Waals surface area contributed by atoms with Crippen LogP contribution < -0.4 is 5.43 Å². The Bertz CT molecular complexity index is 581. The summed E-state index contributed by atoms with van der Waals surface area (Å²) in [5, 5.41) is 4.31. The van der Waals surface area contributed by atoms with Gasteiger partial charge in [0.25, 0.3) is 0 Å². The monoisotopic (exact) mass is 294 g/mol. The van der Waals surface area contributed by atoms with Gasteiger partial charge < -0.3 is 0 Å². The van der Waals surface area contributed by atoms with E-state index >= 15 is 0 Å². The van der Waals surface area contributed by atoms with Crippen LogP contribution in [-0.4, -0.2) is 11.6 Å². The molecule has 0 radical (unpaired) electrons. The van der Waals surface area contributed by atoms with E-state index in [4.69, 9.17) is 0 Å². The topological polar surface area (TPSA) is 41.5 Å². The van der Waals surface area contributed by atoms with Gasteiger partial charge in [-0.25, -0.2) is 5.43 Å². The molecule has 2 rings (SSSR count). The first-order valence-electron chi connectivity index (χ1n) is 7.65. The van der Waals surface area contributed by atoms with Crippen molar-refractivity contribution in [3.63, 3.8) is 0 Å². The smallest absolute Gasteiger partial charge is 0.240 e. The van der Waals surface area contributed by atoms with Crippen LogP contribution in [0.1, 0.15) is 43.7 Å². The molecule has 22 heavy (non-hydrogen) atoms. The van der Waals surface area contributed by atoms with Gasteiger partial charge in [-0.3, -0.25) is 4.79 Å². The van der Waals surface area contributed by atoms with Gasteiger partial charge in [0.1, 0.15) is 0 Å². The van der Waals surface area contributed by atoms with E-state index in [0.717, 1.165) is 12.1 Å². The number of hydrogen-bond donors (Lipinski definition) is 1. The van der Waals surface area contributed by atoms with Crippen LogP contribution in [0.3, 0.4) is 0 Å². The van der Waals surface area contributed by atoms with Gasteiger partial charge in [0.2, 0.25) is 5.91 Å². The van der Waals surface area contributed by atoms with E-state index in [1.165, 1.54) is 11.1 Å². The molecule has 1 amide bonds. The van der Waals surface area contributed by atoms with Gasteiger partial charge in [-0.15, -0.1) is 0 Å². The highest BCUT2D eigenvalue weighted by Gasteiger charge is 2.17. The first-order valence-corrected chi connectivity index (χ1v) is 7.65. The summed E-state index contributed by atoms with van der Waals surface area (Å²) in [5.41, 5.74) is 5.86. The van der Waals surface area contributed by atoms with Crippen LogP contribution in [0.25, 0.3) is 0 Å². The van der Waals surface area contributed by atoms with E-state index in [-0.39, 0.29) is 11.8 Å². The van der Waals surface area contributed by atoms with Crippen molar-refractivity contribution in [2.45, 2.75) is 32.6 Å². The summed E-state index contributed by atoms with van der Waals surface area (Å²) >= 11 is 0. The molecule has 0 saturated heterocycles. The van der Waals surface area contributed by atoms with E-state index in [9.17, 15) is 4.79 Å². The van der Waals surface area contributed by atoms with E-state index in [0.29, 0.717) is 6.42 Å². The molecular formula is C19H22N2O. The second-order valence-corrected chi connectivity index (χ2v) is 5.29. The van der Waals surface area contributed by atoms with Crippen molar-refractivity contribution in [2.24, 2.45) is 5.10 Å². The Morgan fingerprint density at radius 2 is 1.50 bits per heavy atom. The lowest BCUT2D eigenvalue weighted by atomic mass is 9.88. The lowest BCUT2D eigenvalue weighted by Gasteiger charge is -2.18. The Kier molecular flexibility index (Phi) is 5.90. The zero-order valence-corrected chi connectivity index (χ0v) is 13.1. The Hall–Kier alpha value is -2.42. The molecule has 2 aromatic rings. The Labute approximate surface area is 132 Å². The van der Waals surface area contributed by atoms with Gasteiger partial charge in [-0.05, 0) is 24.5 Å². The van der Waals surface area contributed by atoms with Crippen LogP contribution in [0, 0.1) is 0 Å². The molecule has 0 fully saturated rings. The highest BCUT2D eigenvalue weighted by molar-refractivity contribution is 5.92. The zero-order valence-electron chi connectivity index (χ0n) is 13.1. The molecule has 0 bridgehead atoms. The maximum absolute atomic E-state index is 11.6. The fraction of sp³-hybridized carbons (Fsp3) is 0.263. The maximum Gasteiger partial charge on any atom is 0.240 e. The van der Waals surface area contributed by atoms with Crippen LogP contribution in [-0.2, 0) is 4.79 Å². The predicted molar refractivity (Wildman–Crippen MR) is 90.9 cm³/mol. The molecule has 114 valence electrons. The molecule has 0 spiro atoms. The molecule has 0 atom stereocenters. The number of amides is 1. The summed E-state index contributed by atoms with van der Waals surface area (Å²) in [6.45, 7) is 3.93. The molecule has 3 nitrogen and oxygen atoms in total. The van der Waals surface area contributed by atoms with Crippen LogP contribution in [0.15, 0.2) is 65.8 Å². The summed E-state index contributed by atoms with van der Waals surface area (Å²) in [7, 11) is 0. The number of hydrazone groups is 1. The highest BCUT2D eigenvalue weighted by Crippen LogP contribution is 2.25. The summed E-state index contributed by atoms with van der Waals surface area (Å²) in [6.07, 6.45) is 1.32. The number of nitrogens with one attached hydrogen (secondary N) is 1. The van der Waals surface area contributed by atoms with E-state index in [1.807, 2.05) is 50.2 Å². The maximum atomic E-state index is 11.6. The minimum atomic E-state index is -0.0401. The molecule has 3 heteroatoms. The molecule has 0 heterocycles. The third kappa shape index (κ3) is 4.29. The van der Waals surface area contributed by atoms with Gasteiger partial charge in [0.05, 0.1) is 0 Å². The molecule has 0 unspecified atom stereocenters. The fourth-order valence-corrected chi connectivity index (χ4v) is 2.46. The molecule has 2 aromatic carbocycles.